The number of nitrogens with zero attached hydrogens (tertiary/aromatic N) is 4. The van der Waals surface area contributed by atoms with Crippen LogP contribution in [-0.2, 0) is 0 Å². The van der Waals surface area contributed by atoms with Gasteiger partial charge < -0.3 is 0 Å². The fourth-order valence-electron chi connectivity index (χ4n) is 0.631. The maximum atomic E-state index is 3.74. The molecule has 1 aliphatic rings. The highest BCUT2D eigenvalue weighted by Gasteiger charge is 2.06. The summed E-state index contributed by atoms with van der Waals surface area (Å²) in [6, 6.07) is 0. The Labute approximate surface area is 54.1 Å². The summed E-state index contributed by atoms with van der Waals surface area (Å²) in [5.74, 6) is 0. The highest BCUT2D eigenvalue weighted by Crippen LogP contribution is 2.11. The quantitative estimate of drug-likeness (QED) is 0.555. The molecule has 49 valence electrons. The predicted octanol–water partition coefficient (Wildman–Crippen LogP) is 2.15. The maximum Gasteiger partial charge on any atom is 0.185 e. The van der Waals surface area contributed by atoms with E-state index in [0.29, 0.717) is 0 Å². The molecule has 1 aliphatic heterocycles. The first-order valence-electron chi connectivity index (χ1n) is 3.02. The molecule has 0 amide bonds. The van der Waals surface area contributed by atoms with Crippen LogP contribution in [0.2, 0.25) is 0 Å². The Balaban J connectivity index is 2.13. The SMILES string of the molecule is [CH2]CCCC1N=NN=N1. The molecule has 0 bridgehead atoms. The van der Waals surface area contributed by atoms with Gasteiger partial charge in [-0.05, 0) is 23.3 Å². The minimum Gasteiger partial charge on any atom is -0.138 e. The number of rotatable bonds is 3. The van der Waals surface area contributed by atoms with Crippen molar-refractivity contribution in [3.05, 3.63) is 6.92 Å². The van der Waals surface area contributed by atoms with E-state index in [0.717, 1.165) is 19.3 Å². The summed E-state index contributed by atoms with van der Waals surface area (Å²) < 4.78 is 0. The summed E-state index contributed by atoms with van der Waals surface area (Å²) in [5.41, 5.74) is 0. The second-order valence-electron chi connectivity index (χ2n) is 1.89. The summed E-state index contributed by atoms with van der Waals surface area (Å²) in [6.07, 6.45) is 2.90. The van der Waals surface area contributed by atoms with Crippen LogP contribution in [0.15, 0.2) is 20.7 Å². The van der Waals surface area contributed by atoms with Gasteiger partial charge in [0.15, 0.2) is 6.17 Å². The van der Waals surface area contributed by atoms with Gasteiger partial charge in [0, 0.05) is 0 Å². The Hall–Kier alpha value is -0.800. The highest BCUT2D eigenvalue weighted by atomic mass is 15.6. The van der Waals surface area contributed by atoms with Gasteiger partial charge in [-0.1, -0.05) is 13.3 Å². The molecule has 1 radical (unpaired) electrons. The Kier molecular flexibility index (Phi) is 2.30. The molecule has 0 saturated heterocycles. The van der Waals surface area contributed by atoms with Gasteiger partial charge >= 0.3 is 0 Å². The summed E-state index contributed by atoms with van der Waals surface area (Å²) in [6.45, 7) is 3.70. The molecular formula is C5H9N4. The summed E-state index contributed by atoms with van der Waals surface area (Å²) in [7, 11) is 0. The molecule has 0 N–H and O–H groups in total. The van der Waals surface area contributed by atoms with Crippen LogP contribution >= 0.6 is 0 Å². The molecule has 9 heavy (non-hydrogen) atoms. The minimum atomic E-state index is -0.00764. The average Bonchev–Trinajstić information content (AvgIpc) is 2.34. The van der Waals surface area contributed by atoms with Gasteiger partial charge in [0.2, 0.25) is 0 Å². The van der Waals surface area contributed by atoms with E-state index in [1.807, 2.05) is 0 Å². The molecule has 0 spiro atoms. The van der Waals surface area contributed by atoms with Crippen molar-refractivity contribution in [1.82, 2.24) is 0 Å². The van der Waals surface area contributed by atoms with E-state index in [9.17, 15) is 0 Å². The van der Waals surface area contributed by atoms with E-state index in [2.05, 4.69) is 27.6 Å². The van der Waals surface area contributed by atoms with Crippen molar-refractivity contribution in [2.75, 3.05) is 0 Å². The largest absolute Gasteiger partial charge is 0.185 e. The number of hydrogen-bond acceptors (Lipinski definition) is 4. The van der Waals surface area contributed by atoms with Gasteiger partial charge in [-0.2, -0.15) is 0 Å². The van der Waals surface area contributed by atoms with Crippen LogP contribution in [0.4, 0.5) is 0 Å². The standard InChI is InChI=1S/C5H9N4/c1-2-3-4-5-6-8-9-7-5/h5H,1-4H2. The molecule has 0 aromatic rings. The molecule has 0 aromatic heterocycles. The first kappa shape index (κ1) is 6.32. The maximum absolute atomic E-state index is 3.74. The van der Waals surface area contributed by atoms with Crippen LogP contribution in [-0.4, -0.2) is 6.17 Å². The lowest BCUT2D eigenvalue weighted by Gasteiger charge is -1.95. The fourth-order valence-corrected chi connectivity index (χ4v) is 0.631. The Bertz CT molecular complexity index is 117. The molecule has 0 saturated carbocycles. The van der Waals surface area contributed by atoms with Gasteiger partial charge in [-0.15, -0.1) is 10.2 Å². The third kappa shape index (κ3) is 1.87. The third-order valence-corrected chi connectivity index (χ3v) is 1.12. The van der Waals surface area contributed by atoms with E-state index in [1.165, 1.54) is 0 Å². The van der Waals surface area contributed by atoms with Crippen LogP contribution in [0.1, 0.15) is 19.3 Å². The minimum absolute atomic E-state index is 0.00764. The van der Waals surface area contributed by atoms with Gasteiger partial charge in [0.1, 0.15) is 0 Å². The van der Waals surface area contributed by atoms with Crippen molar-refractivity contribution in [2.45, 2.75) is 25.4 Å². The molecule has 0 unspecified atom stereocenters. The van der Waals surface area contributed by atoms with Gasteiger partial charge in [0.25, 0.3) is 0 Å². The lowest BCUT2D eigenvalue weighted by molar-refractivity contribution is 0.604. The zero-order valence-corrected chi connectivity index (χ0v) is 5.19. The monoisotopic (exact) mass is 125 g/mol. The topological polar surface area (TPSA) is 49.4 Å². The van der Waals surface area contributed by atoms with E-state index >= 15 is 0 Å². The van der Waals surface area contributed by atoms with Gasteiger partial charge in [-0.3, -0.25) is 0 Å². The fraction of sp³-hybridized carbons (Fsp3) is 0.800. The molecule has 4 nitrogen and oxygen atoms in total. The third-order valence-electron chi connectivity index (χ3n) is 1.12. The van der Waals surface area contributed by atoms with Crippen molar-refractivity contribution in [3.8, 4) is 0 Å². The zero-order valence-electron chi connectivity index (χ0n) is 5.19. The van der Waals surface area contributed by atoms with Crippen LogP contribution in [0.5, 0.6) is 0 Å². The van der Waals surface area contributed by atoms with E-state index < -0.39 is 0 Å². The molecular weight excluding hydrogens is 116 g/mol. The first-order valence-corrected chi connectivity index (χ1v) is 3.02. The molecule has 1 rings (SSSR count). The molecule has 0 fully saturated rings. The molecule has 4 heteroatoms. The normalized spacial score (nSPS) is 17.4. The summed E-state index contributed by atoms with van der Waals surface area (Å²) in [5, 5.41) is 14.2. The van der Waals surface area contributed by atoms with Crippen molar-refractivity contribution in [3.63, 3.8) is 0 Å². The van der Waals surface area contributed by atoms with E-state index in [-0.39, 0.29) is 6.17 Å². The Morgan fingerprint density at radius 3 is 2.44 bits per heavy atom. The smallest absolute Gasteiger partial charge is 0.138 e. The van der Waals surface area contributed by atoms with Crippen LogP contribution in [0.25, 0.3) is 0 Å². The van der Waals surface area contributed by atoms with Crippen molar-refractivity contribution in [1.29, 1.82) is 0 Å². The molecule has 0 aliphatic carbocycles. The zero-order chi connectivity index (χ0) is 6.53. The average molecular weight is 125 g/mol. The van der Waals surface area contributed by atoms with Gasteiger partial charge in [0.05, 0.1) is 0 Å². The summed E-state index contributed by atoms with van der Waals surface area (Å²) >= 11 is 0. The van der Waals surface area contributed by atoms with Crippen molar-refractivity contribution >= 4 is 0 Å². The number of hydrogen-bond donors (Lipinski definition) is 0. The van der Waals surface area contributed by atoms with Crippen molar-refractivity contribution in [2.24, 2.45) is 20.7 Å². The van der Waals surface area contributed by atoms with Crippen molar-refractivity contribution < 1.29 is 0 Å². The lowest BCUT2D eigenvalue weighted by atomic mass is 10.2. The number of unbranched alkanes of at least 4 members (excludes halogenated alkanes) is 1. The Morgan fingerprint density at radius 2 is 1.89 bits per heavy atom. The van der Waals surface area contributed by atoms with Crippen LogP contribution < -0.4 is 0 Å². The highest BCUT2D eigenvalue weighted by molar-refractivity contribution is 4.61. The lowest BCUT2D eigenvalue weighted by Crippen LogP contribution is -1.94. The van der Waals surface area contributed by atoms with E-state index in [1.54, 1.807) is 0 Å². The molecule has 1 heterocycles. The molecule has 0 aromatic carbocycles. The molecule has 0 atom stereocenters. The van der Waals surface area contributed by atoms with Gasteiger partial charge in [-0.25, -0.2) is 0 Å². The van der Waals surface area contributed by atoms with Crippen LogP contribution in [0.3, 0.4) is 0 Å². The second-order valence-corrected chi connectivity index (χ2v) is 1.89. The summed E-state index contributed by atoms with van der Waals surface area (Å²) in [4.78, 5) is 0. The second kappa shape index (κ2) is 3.27. The first-order chi connectivity index (χ1) is 4.43. The Morgan fingerprint density at radius 1 is 1.22 bits per heavy atom. The van der Waals surface area contributed by atoms with Crippen LogP contribution in [0, 0.1) is 6.92 Å². The van der Waals surface area contributed by atoms with E-state index in [4.69, 9.17) is 0 Å². The predicted molar refractivity (Wildman–Crippen MR) is 32.7 cm³/mol.